The Morgan fingerprint density at radius 1 is 1.13 bits per heavy atom. The van der Waals surface area contributed by atoms with Crippen LogP contribution in [-0.2, 0) is 14.8 Å². The SMILES string of the molecule is COC(=O)Nc1ccc(S(=O)(=O)N2CC[C@@H](n3cc(-c4ccccc4)nn3)C2)cc1. The maximum atomic E-state index is 13.0. The van der Waals surface area contributed by atoms with Gasteiger partial charge in [-0.3, -0.25) is 5.32 Å². The number of anilines is 1. The minimum Gasteiger partial charge on any atom is -0.453 e. The van der Waals surface area contributed by atoms with Crippen molar-refractivity contribution in [1.82, 2.24) is 19.3 Å². The molecule has 1 aromatic heterocycles. The zero-order chi connectivity index (χ0) is 21.1. The third kappa shape index (κ3) is 4.05. The number of nitrogens with zero attached hydrogens (tertiary/aromatic N) is 4. The van der Waals surface area contributed by atoms with Crippen LogP contribution in [-0.4, -0.2) is 54.0 Å². The second kappa shape index (κ2) is 8.25. The van der Waals surface area contributed by atoms with Crippen molar-refractivity contribution in [1.29, 1.82) is 0 Å². The fraction of sp³-hybridized carbons (Fsp3) is 0.250. The van der Waals surface area contributed by atoms with Gasteiger partial charge in [0.05, 0.1) is 24.2 Å². The molecule has 0 unspecified atom stereocenters. The molecule has 30 heavy (non-hydrogen) atoms. The molecule has 1 amide bonds. The quantitative estimate of drug-likeness (QED) is 0.671. The fourth-order valence-corrected chi connectivity index (χ4v) is 4.86. The summed E-state index contributed by atoms with van der Waals surface area (Å²) in [5.41, 5.74) is 2.17. The molecule has 156 valence electrons. The Morgan fingerprint density at radius 3 is 2.57 bits per heavy atom. The molecule has 1 aliphatic heterocycles. The predicted octanol–water partition coefficient (Wildman–Crippen LogP) is 2.76. The van der Waals surface area contributed by atoms with E-state index in [9.17, 15) is 13.2 Å². The molecule has 0 aliphatic carbocycles. The fourth-order valence-electron chi connectivity index (χ4n) is 3.37. The smallest absolute Gasteiger partial charge is 0.411 e. The third-order valence-electron chi connectivity index (χ3n) is 5.00. The first-order valence-electron chi connectivity index (χ1n) is 9.40. The van der Waals surface area contributed by atoms with Gasteiger partial charge in [0.25, 0.3) is 0 Å². The van der Waals surface area contributed by atoms with E-state index in [4.69, 9.17) is 0 Å². The summed E-state index contributed by atoms with van der Waals surface area (Å²) in [6, 6.07) is 15.6. The Kier molecular flexibility index (Phi) is 5.51. The van der Waals surface area contributed by atoms with Gasteiger partial charge in [0.2, 0.25) is 10.0 Å². The van der Waals surface area contributed by atoms with Gasteiger partial charge >= 0.3 is 6.09 Å². The van der Waals surface area contributed by atoms with E-state index in [2.05, 4.69) is 20.4 Å². The molecule has 4 rings (SSSR count). The lowest BCUT2D eigenvalue weighted by molar-refractivity contribution is 0.187. The van der Waals surface area contributed by atoms with Crippen LogP contribution in [0.3, 0.4) is 0 Å². The first-order chi connectivity index (χ1) is 14.5. The minimum absolute atomic E-state index is 0.0787. The van der Waals surface area contributed by atoms with Gasteiger partial charge in [-0.2, -0.15) is 4.31 Å². The van der Waals surface area contributed by atoms with Crippen LogP contribution in [0.2, 0.25) is 0 Å². The summed E-state index contributed by atoms with van der Waals surface area (Å²) < 4.78 is 33.7. The zero-order valence-electron chi connectivity index (χ0n) is 16.3. The van der Waals surface area contributed by atoms with Crippen molar-refractivity contribution < 1.29 is 17.9 Å². The van der Waals surface area contributed by atoms with Gasteiger partial charge in [-0.25, -0.2) is 17.9 Å². The Hall–Kier alpha value is -3.24. The number of hydrogen-bond donors (Lipinski definition) is 1. The van der Waals surface area contributed by atoms with Crippen molar-refractivity contribution in [3.63, 3.8) is 0 Å². The highest BCUT2D eigenvalue weighted by Gasteiger charge is 2.34. The van der Waals surface area contributed by atoms with E-state index in [0.717, 1.165) is 11.3 Å². The summed E-state index contributed by atoms with van der Waals surface area (Å²) in [7, 11) is -2.39. The predicted molar refractivity (Wildman–Crippen MR) is 110 cm³/mol. The highest BCUT2D eigenvalue weighted by Crippen LogP contribution is 2.28. The number of carbonyl (C=O) groups is 1. The third-order valence-corrected chi connectivity index (χ3v) is 6.88. The van der Waals surface area contributed by atoms with E-state index >= 15 is 0 Å². The molecule has 2 heterocycles. The molecule has 1 N–H and O–H groups in total. The molecule has 0 saturated carbocycles. The summed E-state index contributed by atoms with van der Waals surface area (Å²) in [5, 5.41) is 10.9. The van der Waals surface area contributed by atoms with E-state index < -0.39 is 16.1 Å². The maximum absolute atomic E-state index is 13.0. The lowest BCUT2D eigenvalue weighted by atomic mass is 10.2. The van der Waals surface area contributed by atoms with E-state index in [1.54, 1.807) is 4.68 Å². The normalized spacial score (nSPS) is 17.0. The molecular weight excluding hydrogens is 406 g/mol. The van der Waals surface area contributed by atoms with Crippen molar-refractivity contribution in [3.8, 4) is 11.3 Å². The first-order valence-corrected chi connectivity index (χ1v) is 10.8. The Morgan fingerprint density at radius 2 is 1.87 bits per heavy atom. The molecule has 1 aliphatic rings. The van der Waals surface area contributed by atoms with Gasteiger partial charge in [-0.1, -0.05) is 35.5 Å². The summed E-state index contributed by atoms with van der Waals surface area (Å²) in [6.45, 7) is 0.720. The monoisotopic (exact) mass is 427 g/mol. The average molecular weight is 427 g/mol. The molecule has 0 radical (unpaired) electrons. The number of sulfonamides is 1. The van der Waals surface area contributed by atoms with E-state index in [1.165, 1.54) is 35.7 Å². The molecule has 0 bridgehead atoms. The number of methoxy groups -OCH3 is 1. The van der Waals surface area contributed by atoms with Gasteiger partial charge in [-0.05, 0) is 30.7 Å². The van der Waals surface area contributed by atoms with Gasteiger partial charge in [0.1, 0.15) is 5.69 Å². The van der Waals surface area contributed by atoms with Gasteiger partial charge in [-0.15, -0.1) is 5.10 Å². The highest BCUT2D eigenvalue weighted by molar-refractivity contribution is 7.89. The van der Waals surface area contributed by atoms with E-state index in [1.807, 2.05) is 36.5 Å². The topological polar surface area (TPSA) is 106 Å². The number of amides is 1. The molecule has 9 nitrogen and oxygen atoms in total. The average Bonchev–Trinajstić information content (AvgIpc) is 3.45. The molecule has 2 aromatic carbocycles. The Bertz CT molecular complexity index is 1130. The minimum atomic E-state index is -3.65. The number of benzene rings is 2. The molecule has 3 aromatic rings. The number of nitrogens with one attached hydrogen (secondary N) is 1. The Balaban J connectivity index is 1.46. The number of hydrogen-bond acceptors (Lipinski definition) is 6. The zero-order valence-corrected chi connectivity index (χ0v) is 17.1. The molecular formula is C20H21N5O4S. The maximum Gasteiger partial charge on any atom is 0.411 e. The molecule has 0 spiro atoms. The van der Waals surface area contributed by atoms with Crippen molar-refractivity contribution in [2.45, 2.75) is 17.4 Å². The van der Waals surface area contributed by atoms with Crippen LogP contribution in [0.25, 0.3) is 11.3 Å². The number of carbonyl (C=O) groups excluding carboxylic acids is 1. The standard InChI is InChI=1S/C20H21N5O4S/c1-29-20(26)21-16-7-9-18(10-8-16)30(27,28)24-12-11-17(13-24)25-14-19(22-23-25)15-5-3-2-4-6-15/h2-10,14,17H,11-13H2,1H3,(H,21,26)/t17-/m1/s1. The number of aromatic nitrogens is 3. The van der Waals surface area contributed by atoms with Crippen LogP contribution >= 0.6 is 0 Å². The number of rotatable bonds is 5. The van der Waals surface area contributed by atoms with Crippen LogP contribution in [0.15, 0.2) is 65.7 Å². The molecule has 10 heteroatoms. The lowest BCUT2D eigenvalue weighted by Crippen LogP contribution is -2.29. The van der Waals surface area contributed by atoms with Crippen molar-refractivity contribution >= 4 is 21.8 Å². The second-order valence-corrected chi connectivity index (χ2v) is 8.83. The second-order valence-electron chi connectivity index (χ2n) is 6.90. The van der Waals surface area contributed by atoms with Crippen LogP contribution in [0.1, 0.15) is 12.5 Å². The van der Waals surface area contributed by atoms with Crippen LogP contribution in [0.5, 0.6) is 0 Å². The summed E-state index contributed by atoms with van der Waals surface area (Å²) in [4.78, 5) is 11.4. The molecule has 1 saturated heterocycles. The van der Waals surface area contributed by atoms with Crippen molar-refractivity contribution in [2.75, 3.05) is 25.5 Å². The van der Waals surface area contributed by atoms with E-state index in [-0.39, 0.29) is 10.9 Å². The molecule has 1 atom stereocenters. The van der Waals surface area contributed by atoms with Gasteiger partial charge < -0.3 is 4.74 Å². The summed E-state index contributed by atoms with van der Waals surface area (Å²) >= 11 is 0. The largest absolute Gasteiger partial charge is 0.453 e. The lowest BCUT2D eigenvalue weighted by Gasteiger charge is -2.17. The summed E-state index contributed by atoms with van der Waals surface area (Å²) in [5.74, 6) is 0. The van der Waals surface area contributed by atoms with Crippen LogP contribution < -0.4 is 5.32 Å². The van der Waals surface area contributed by atoms with Crippen molar-refractivity contribution in [2.24, 2.45) is 0 Å². The van der Waals surface area contributed by atoms with E-state index in [0.29, 0.717) is 25.2 Å². The van der Waals surface area contributed by atoms with Crippen molar-refractivity contribution in [3.05, 3.63) is 60.8 Å². The van der Waals surface area contributed by atoms with Gasteiger partial charge in [0, 0.05) is 24.3 Å². The first kappa shape index (κ1) is 20.0. The Labute approximate surface area is 174 Å². The van der Waals surface area contributed by atoms with Crippen LogP contribution in [0.4, 0.5) is 10.5 Å². The summed E-state index contributed by atoms with van der Waals surface area (Å²) in [6.07, 6.45) is 1.89. The molecule has 1 fully saturated rings. The van der Waals surface area contributed by atoms with Crippen LogP contribution in [0, 0.1) is 0 Å². The highest BCUT2D eigenvalue weighted by atomic mass is 32.2. The number of ether oxygens (including phenoxy) is 1. The van der Waals surface area contributed by atoms with Gasteiger partial charge in [0.15, 0.2) is 0 Å².